The third-order valence-corrected chi connectivity index (χ3v) is 4.22. The molecule has 2 atom stereocenters. The van der Waals surface area contributed by atoms with Crippen molar-refractivity contribution in [2.24, 2.45) is 5.73 Å². The van der Waals surface area contributed by atoms with Gasteiger partial charge in [0, 0.05) is 12.6 Å². The first-order chi connectivity index (χ1) is 12.5. The van der Waals surface area contributed by atoms with Gasteiger partial charge in [-0.2, -0.15) is 0 Å². The molecule has 0 spiro atoms. The van der Waals surface area contributed by atoms with Crippen LogP contribution in [0.1, 0.15) is 70.9 Å². The van der Waals surface area contributed by atoms with Crippen LogP contribution in [0.5, 0.6) is 0 Å². The lowest BCUT2D eigenvalue weighted by Gasteiger charge is -2.18. The van der Waals surface area contributed by atoms with Crippen molar-refractivity contribution >= 4 is 36.7 Å². The number of ether oxygens (including phenoxy) is 1. The van der Waals surface area contributed by atoms with E-state index in [9.17, 15) is 9.59 Å². The molecular weight excluding hydrogens is 403 g/mol. The summed E-state index contributed by atoms with van der Waals surface area (Å²) in [5.74, 6) is -0.820. The largest absolute Gasteiger partial charge is 0.464 e. The van der Waals surface area contributed by atoms with Crippen molar-refractivity contribution in [3.63, 3.8) is 0 Å². The van der Waals surface area contributed by atoms with E-state index in [1.807, 2.05) is 0 Å². The Bertz CT molecular complexity index is 513. The predicted molar refractivity (Wildman–Crippen MR) is 116 cm³/mol. The van der Waals surface area contributed by atoms with Gasteiger partial charge < -0.3 is 20.8 Å². The predicted octanol–water partition coefficient (Wildman–Crippen LogP) is 3.31. The van der Waals surface area contributed by atoms with Crippen LogP contribution in [0, 0.1) is 0 Å². The molecule has 0 aromatic carbocycles. The fourth-order valence-electron chi connectivity index (χ4n) is 2.62. The van der Waals surface area contributed by atoms with Crippen LogP contribution in [0.2, 0.25) is 0 Å². The van der Waals surface area contributed by atoms with E-state index >= 15 is 0 Å². The van der Waals surface area contributed by atoms with Crippen LogP contribution in [0.4, 0.5) is 0 Å². The smallest absolute Gasteiger partial charge is 0.329 e. The van der Waals surface area contributed by atoms with Gasteiger partial charge in [-0.25, -0.2) is 9.78 Å². The highest BCUT2D eigenvalue weighted by atomic mass is 35.5. The second kappa shape index (κ2) is 17.8. The van der Waals surface area contributed by atoms with E-state index in [1.165, 1.54) is 44.9 Å². The Morgan fingerprint density at radius 1 is 1.14 bits per heavy atom. The second-order valence-corrected chi connectivity index (χ2v) is 6.76. The standard InChI is InChI=1S/C19H34N4O3.2ClH/c1-3-4-5-6-7-8-9-10-11-26-19(25)17(23-18(24)15(2)20)12-16-13-21-14-22-16;;/h13-15,17H,3-12,20H2,1-2H3,(H,21,22)(H,23,24);2*1H/t15-,17-;;/m0../s1. The van der Waals surface area contributed by atoms with Crippen LogP contribution < -0.4 is 11.1 Å². The number of imidazole rings is 1. The third kappa shape index (κ3) is 13.0. The maximum absolute atomic E-state index is 12.3. The number of amides is 1. The van der Waals surface area contributed by atoms with E-state index < -0.39 is 18.1 Å². The molecule has 0 aliphatic heterocycles. The summed E-state index contributed by atoms with van der Waals surface area (Å²) < 4.78 is 5.35. The van der Waals surface area contributed by atoms with Crippen LogP contribution in [0.3, 0.4) is 0 Å². The van der Waals surface area contributed by atoms with Crippen molar-refractivity contribution < 1.29 is 14.3 Å². The average Bonchev–Trinajstić information content (AvgIpc) is 3.12. The number of unbranched alkanes of at least 4 members (excludes halogenated alkanes) is 7. The number of nitrogens with one attached hydrogen (secondary N) is 2. The van der Waals surface area contributed by atoms with E-state index in [-0.39, 0.29) is 37.1 Å². The summed E-state index contributed by atoms with van der Waals surface area (Å²) in [5.41, 5.74) is 6.25. The molecule has 0 aliphatic carbocycles. The van der Waals surface area contributed by atoms with Gasteiger partial charge in [0.2, 0.25) is 5.91 Å². The summed E-state index contributed by atoms with van der Waals surface area (Å²) in [6, 6.07) is -1.46. The van der Waals surface area contributed by atoms with E-state index in [0.717, 1.165) is 12.8 Å². The van der Waals surface area contributed by atoms with Crippen molar-refractivity contribution in [3.05, 3.63) is 18.2 Å². The Kier molecular flexibility index (Phi) is 18.3. The lowest BCUT2D eigenvalue weighted by Crippen LogP contribution is -2.49. The van der Waals surface area contributed by atoms with Crippen LogP contribution in [0.25, 0.3) is 0 Å². The third-order valence-electron chi connectivity index (χ3n) is 4.22. The van der Waals surface area contributed by atoms with Crippen molar-refractivity contribution in [3.8, 4) is 0 Å². The zero-order chi connectivity index (χ0) is 19.2. The Balaban J connectivity index is 0. The molecule has 1 heterocycles. The van der Waals surface area contributed by atoms with Gasteiger partial charge in [0.1, 0.15) is 6.04 Å². The van der Waals surface area contributed by atoms with Crippen LogP contribution >= 0.6 is 24.8 Å². The molecule has 9 heteroatoms. The zero-order valence-corrected chi connectivity index (χ0v) is 18.6. The summed E-state index contributed by atoms with van der Waals surface area (Å²) in [6.45, 7) is 4.16. The molecule has 1 amide bonds. The molecule has 0 saturated carbocycles. The number of nitrogens with zero attached hydrogens (tertiary/aromatic N) is 1. The van der Waals surface area contributed by atoms with Crippen molar-refractivity contribution in [2.45, 2.75) is 83.7 Å². The van der Waals surface area contributed by atoms with Gasteiger partial charge in [0.15, 0.2) is 0 Å². The fourth-order valence-corrected chi connectivity index (χ4v) is 2.62. The van der Waals surface area contributed by atoms with Gasteiger partial charge in [0.25, 0.3) is 0 Å². The highest BCUT2D eigenvalue weighted by Crippen LogP contribution is 2.09. The Morgan fingerprint density at radius 3 is 2.29 bits per heavy atom. The van der Waals surface area contributed by atoms with Crippen molar-refractivity contribution in [1.29, 1.82) is 0 Å². The first kappa shape index (κ1) is 28.9. The first-order valence-corrected chi connectivity index (χ1v) is 9.74. The number of hydrogen-bond donors (Lipinski definition) is 3. The molecule has 1 aromatic rings. The molecule has 0 fully saturated rings. The van der Waals surface area contributed by atoms with E-state index in [4.69, 9.17) is 10.5 Å². The van der Waals surface area contributed by atoms with Gasteiger partial charge in [-0.05, 0) is 13.3 Å². The van der Waals surface area contributed by atoms with Gasteiger partial charge in [-0.15, -0.1) is 24.8 Å². The lowest BCUT2D eigenvalue weighted by atomic mass is 10.1. The molecule has 0 saturated heterocycles. The molecule has 1 rings (SSSR count). The molecule has 1 aromatic heterocycles. The topological polar surface area (TPSA) is 110 Å². The fraction of sp³-hybridized carbons (Fsp3) is 0.737. The number of H-pyrrole nitrogens is 1. The maximum Gasteiger partial charge on any atom is 0.329 e. The minimum absolute atomic E-state index is 0. The highest BCUT2D eigenvalue weighted by Gasteiger charge is 2.24. The van der Waals surface area contributed by atoms with Gasteiger partial charge in [-0.1, -0.05) is 51.9 Å². The molecule has 164 valence electrons. The number of halogens is 2. The number of hydrogen-bond acceptors (Lipinski definition) is 5. The van der Waals surface area contributed by atoms with Crippen LogP contribution in [-0.2, 0) is 20.7 Å². The summed E-state index contributed by atoms with van der Waals surface area (Å²) in [5, 5.41) is 2.64. The van der Waals surface area contributed by atoms with Crippen LogP contribution in [0.15, 0.2) is 12.5 Å². The van der Waals surface area contributed by atoms with E-state index in [1.54, 1.807) is 13.1 Å². The van der Waals surface area contributed by atoms with Gasteiger partial charge in [0.05, 0.1) is 24.7 Å². The molecule has 0 radical (unpaired) electrons. The van der Waals surface area contributed by atoms with Crippen molar-refractivity contribution in [1.82, 2.24) is 15.3 Å². The highest BCUT2D eigenvalue weighted by molar-refractivity contribution is 5.87. The minimum atomic E-state index is -0.772. The Hall–Kier alpha value is -1.31. The SMILES string of the molecule is CCCCCCCCCCOC(=O)[C@H](Cc1c[nH]cn1)NC(=O)[C@H](C)N.Cl.Cl. The van der Waals surface area contributed by atoms with Gasteiger partial charge >= 0.3 is 5.97 Å². The molecule has 4 N–H and O–H groups in total. The summed E-state index contributed by atoms with van der Waals surface area (Å²) >= 11 is 0. The maximum atomic E-state index is 12.3. The number of carbonyl (C=O) groups excluding carboxylic acids is 2. The summed E-state index contributed by atoms with van der Waals surface area (Å²) in [6.07, 6.45) is 12.9. The number of aromatic amines is 1. The molecule has 28 heavy (non-hydrogen) atoms. The Morgan fingerprint density at radius 2 is 1.75 bits per heavy atom. The number of aromatic nitrogens is 2. The number of nitrogens with two attached hydrogens (primary N) is 1. The summed E-state index contributed by atoms with van der Waals surface area (Å²) in [7, 11) is 0. The normalized spacial score (nSPS) is 12.2. The molecule has 7 nitrogen and oxygen atoms in total. The van der Waals surface area contributed by atoms with E-state index in [2.05, 4.69) is 22.2 Å². The number of rotatable bonds is 14. The lowest BCUT2D eigenvalue weighted by molar-refractivity contribution is -0.148. The molecular formula is C19H36Cl2N4O3. The number of esters is 1. The zero-order valence-electron chi connectivity index (χ0n) is 16.9. The summed E-state index contributed by atoms with van der Waals surface area (Å²) in [4.78, 5) is 31.1. The number of carbonyl (C=O) groups is 2. The van der Waals surface area contributed by atoms with Crippen LogP contribution in [-0.4, -0.2) is 40.5 Å². The average molecular weight is 439 g/mol. The molecule has 0 aliphatic rings. The van der Waals surface area contributed by atoms with Crippen molar-refractivity contribution in [2.75, 3.05) is 6.61 Å². The van der Waals surface area contributed by atoms with E-state index in [0.29, 0.717) is 12.3 Å². The quantitative estimate of drug-likeness (QED) is 0.304. The Labute approximate surface area is 180 Å². The molecule has 0 bridgehead atoms. The minimum Gasteiger partial charge on any atom is -0.464 e. The molecule has 0 unspecified atom stereocenters. The first-order valence-electron chi connectivity index (χ1n) is 9.74. The monoisotopic (exact) mass is 438 g/mol. The van der Waals surface area contributed by atoms with Gasteiger partial charge in [-0.3, -0.25) is 4.79 Å². The second-order valence-electron chi connectivity index (χ2n) is 6.76.